The number of fused-ring (bicyclic) bond motifs is 1. The topological polar surface area (TPSA) is 60.7 Å². The van der Waals surface area contributed by atoms with Gasteiger partial charge in [-0.3, -0.25) is 9.59 Å². The maximum absolute atomic E-state index is 12.7. The van der Waals surface area contributed by atoms with Crippen molar-refractivity contribution in [2.45, 2.75) is 25.3 Å². The smallest absolute Gasteiger partial charge is 0.326 e. The van der Waals surface area contributed by atoms with Gasteiger partial charge in [-0.1, -0.05) is 29.0 Å². The van der Waals surface area contributed by atoms with E-state index >= 15 is 0 Å². The highest BCUT2D eigenvalue weighted by Crippen LogP contribution is 2.29. The summed E-state index contributed by atoms with van der Waals surface area (Å²) >= 11 is 9.24. The fourth-order valence-corrected chi connectivity index (χ4v) is 4.56. The van der Waals surface area contributed by atoms with Gasteiger partial charge in [-0.25, -0.2) is 0 Å². The third-order valence-corrected chi connectivity index (χ3v) is 6.39. The molecule has 2 aromatic carbocycles. The van der Waals surface area contributed by atoms with Crippen molar-refractivity contribution in [2.24, 2.45) is 4.99 Å². The van der Waals surface area contributed by atoms with Crippen LogP contribution >= 0.6 is 34.7 Å². The van der Waals surface area contributed by atoms with Crippen LogP contribution in [0.4, 0.5) is 0 Å². The van der Waals surface area contributed by atoms with E-state index in [0.29, 0.717) is 15.4 Å². The summed E-state index contributed by atoms with van der Waals surface area (Å²) in [6.45, 7) is 3.93. The minimum absolute atomic E-state index is 0.0352. The number of amides is 1. The van der Waals surface area contributed by atoms with Crippen LogP contribution in [0, 0.1) is 6.92 Å². The normalized spacial score (nSPS) is 11.8. The number of halogens is 1. The largest absolute Gasteiger partial charge is 0.465 e. The summed E-state index contributed by atoms with van der Waals surface area (Å²) < 4.78 is 7.58. The first-order chi connectivity index (χ1) is 13.4. The molecule has 1 aromatic heterocycles. The lowest BCUT2D eigenvalue weighted by atomic mass is 10.2. The molecule has 8 heteroatoms. The van der Waals surface area contributed by atoms with Gasteiger partial charge in [-0.2, -0.15) is 4.99 Å². The molecule has 0 aliphatic carbocycles. The molecule has 0 radical (unpaired) electrons. The molecule has 28 heavy (non-hydrogen) atoms. The number of thiazole rings is 1. The molecule has 0 unspecified atom stereocenters. The molecule has 0 saturated heterocycles. The van der Waals surface area contributed by atoms with Gasteiger partial charge in [-0.15, -0.1) is 11.8 Å². The fourth-order valence-electron chi connectivity index (χ4n) is 2.77. The second-order valence-corrected chi connectivity index (χ2v) is 8.23. The summed E-state index contributed by atoms with van der Waals surface area (Å²) in [5.41, 5.74) is 2.22. The number of carbonyl (C=O) groups is 2. The van der Waals surface area contributed by atoms with E-state index in [1.54, 1.807) is 41.5 Å². The maximum Gasteiger partial charge on any atom is 0.326 e. The Labute approximate surface area is 176 Å². The maximum atomic E-state index is 12.7. The van der Waals surface area contributed by atoms with Gasteiger partial charge in [0.2, 0.25) is 0 Å². The summed E-state index contributed by atoms with van der Waals surface area (Å²) in [7, 11) is 0. The van der Waals surface area contributed by atoms with Crippen LogP contribution in [0.25, 0.3) is 10.2 Å². The summed E-state index contributed by atoms with van der Waals surface area (Å²) in [4.78, 5) is 30.6. The van der Waals surface area contributed by atoms with Crippen LogP contribution in [0.1, 0.15) is 22.8 Å². The Hall–Kier alpha value is -2.09. The van der Waals surface area contributed by atoms with Crippen LogP contribution < -0.4 is 4.80 Å². The predicted octanol–water partition coefficient (Wildman–Crippen LogP) is 4.69. The van der Waals surface area contributed by atoms with E-state index in [2.05, 4.69) is 4.99 Å². The van der Waals surface area contributed by atoms with Gasteiger partial charge in [0.05, 0.1) is 21.8 Å². The van der Waals surface area contributed by atoms with Crippen molar-refractivity contribution in [1.29, 1.82) is 0 Å². The lowest BCUT2D eigenvalue weighted by Gasteiger charge is -2.07. The molecule has 1 heterocycles. The van der Waals surface area contributed by atoms with Gasteiger partial charge in [-0.05, 0) is 56.0 Å². The number of esters is 1. The molecule has 0 aliphatic rings. The van der Waals surface area contributed by atoms with E-state index < -0.39 is 0 Å². The van der Waals surface area contributed by atoms with Gasteiger partial charge < -0.3 is 9.30 Å². The van der Waals surface area contributed by atoms with Gasteiger partial charge in [0.1, 0.15) is 6.54 Å². The number of carbonyl (C=O) groups excluding carboxylic acids is 2. The monoisotopic (exact) mass is 434 g/mol. The zero-order chi connectivity index (χ0) is 20.3. The summed E-state index contributed by atoms with van der Waals surface area (Å²) in [6.07, 6.45) is 1.97. The number of hydrogen-bond donors (Lipinski definition) is 0. The van der Waals surface area contributed by atoms with E-state index in [-0.39, 0.29) is 25.0 Å². The van der Waals surface area contributed by atoms with Crippen LogP contribution in [0.5, 0.6) is 0 Å². The van der Waals surface area contributed by atoms with Crippen molar-refractivity contribution < 1.29 is 14.3 Å². The number of benzene rings is 2. The second kappa shape index (κ2) is 8.94. The number of rotatable bonds is 5. The van der Waals surface area contributed by atoms with Gasteiger partial charge in [0.15, 0.2) is 4.80 Å². The average Bonchev–Trinajstić information content (AvgIpc) is 3.04. The van der Waals surface area contributed by atoms with Gasteiger partial charge in [0.25, 0.3) is 5.91 Å². The lowest BCUT2D eigenvalue weighted by molar-refractivity contribution is -0.143. The molecule has 0 spiro atoms. The van der Waals surface area contributed by atoms with Crippen LogP contribution in [0.15, 0.2) is 46.3 Å². The Morgan fingerprint density at radius 1 is 1.21 bits per heavy atom. The number of aryl methyl sites for hydroxylation is 1. The van der Waals surface area contributed by atoms with Crippen molar-refractivity contribution in [3.8, 4) is 0 Å². The first-order valence-electron chi connectivity index (χ1n) is 8.61. The molecule has 3 aromatic rings. The molecule has 5 nitrogen and oxygen atoms in total. The number of thioether (sulfide) groups is 1. The molecule has 0 aliphatic heterocycles. The van der Waals surface area contributed by atoms with Crippen molar-refractivity contribution in [2.75, 3.05) is 12.9 Å². The Morgan fingerprint density at radius 2 is 1.93 bits per heavy atom. The highest BCUT2D eigenvalue weighted by atomic mass is 35.5. The van der Waals surface area contributed by atoms with Crippen LogP contribution in [-0.2, 0) is 16.1 Å². The number of aromatic nitrogens is 1. The first-order valence-corrected chi connectivity index (χ1v) is 11.0. The van der Waals surface area contributed by atoms with Gasteiger partial charge >= 0.3 is 5.97 Å². The average molecular weight is 435 g/mol. The number of ether oxygens (including phenoxy) is 1. The first kappa shape index (κ1) is 20.6. The van der Waals surface area contributed by atoms with Crippen LogP contribution in [0.3, 0.4) is 0 Å². The Morgan fingerprint density at radius 3 is 2.57 bits per heavy atom. The lowest BCUT2D eigenvalue weighted by Crippen LogP contribution is -2.23. The third kappa shape index (κ3) is 4.32. The predicted molar refractivity (Wildman–Crippen MR) is 114 cm³/mol. The number of hydrogen-bond acceptors (Lipinski definition) is 5. The molecule has 0 bridgehead atoms. The third-order valence-electron chi connectivity index (χ3n) is 4.11. The fraction of sp³-hybridized carbons (Fsp3) is 0.250. The molecule has 0 N–H and O–H groups in total. The van der Waals surface area contributed by atoms with E-state index in [1.165, 1.54) is 11.3 Å². The Kier molecular flexibility index (Phi) is 6.59. The summed E-state index contributed by atoms with van der Waals surface area (Å²) in [6, 6.07) is 10.9. The molecule has 3 rings (SSSR count). The van der Waals surface area contributed by atoms with Crippen molar-refractivity contribution in [1.82, 2.24) is 4.57 Å². The molecule has 0 atom stereocenters. The second-order valence-electron chi connectivity index (χ2n) is 5.96. The van der Waals surface area contributed by atoms with E-state index in [9.17, 15) is 9.59 Å². The standard InChI is InChI=1S/C20H19ClN2O3S2/c1-4-26-16(24)11-23-17-12(2)5-10-15(21)18(17)28-20(23)22-19(25)13-6-8-14(27-3)9-7-13/h5-10H,4,11H2,1-3H3. The minimum atomic E-state index is -0.389. The van der Waals surface area contributed by atoms with E-state index in [0.717, 1.165) is 20.7 Å². The van der Waals surface area contributed by atoms with Crippen molar-refractivity contribution in [3.63, 3.8) is 0 Å². The molecule has 0 fully saturated rings. The van der Waals surface area contributed by atoms with Gasteiger partial charge in [0, 0.05) is 10.5 Å². The SMILES string of the molecule is CCOC(=O)Cn1c(=NC(=O)c2ccc(SC)cc2)sc2c(Cl)ccc(C)c21. The minimum Gasteiger partial charge on any atom is -0.465 e. The Bertz CT molecular complexity index is 1100. The Balaban J connectivity index is 2.13. The van der Waals surface area contributed by atoms with E-state index in [4.69, 9.17) is 16.3 Å². The molecular weight excluding hydrogens is 416 g/mol. The van der Waals surface area contributed by atoms with Crippen LogP contribution in [-0.4, -0.2) is 29.3 Å². The van der Waals surface area contributed by atoms with Crippen molar-refractivity contribution >= 4 is 56.8 Å². The quantitative estimate of drug-likeness (QED) is 0.431. The summed E-state index contributed by atoms with van der Waals surface area (Å²) in [5, 5.41) is 0.557. The summed E-state index contributed by atoms with van der Waals surface area (Å²) in [5.74, 6) is -0.759. The van der Waals surface area contributed by atoms with E-state index in [1.807, 2.05) is 31.4 Å². The molecule has 146 valence electrons. The van der Waals surface area contributed by atoms with Crippen molar-refractivity contribution in [3.05, 3.63) is 57.3 Å². The molecule has 1 amide bonds. The molecular formula is C20H19ClN2O3S2. The highest BCUT2D eigenvalue weighted by Gasteiger charge is 2.16. The number of nitrogens with zero attached hydrogens (tertiary/aromatic N) is 2. The highest BCUT2D eigenvalue weighted by molar-refractivity contribution is 7.98. The zero-order valence-electron chi connectivity index (χ0n) is 15.7. The van der Waals surface area contributed by atoms with Crippen LogP contribution in [0.2, 0.25) is 5.02 Å². The molecule has 0 saturated carbocycles. The zero-order valence-corrected chi connectivity index (χ0v) is 18.1.